The molecular formula is C18H23NOS. The molecule has 1 heterocycles. The fraction of sp³-hybridized carbons (Fsp3) is 0.667. The van der Waals surface area contributed by atoms with Crippen LogP contribution in [0.2, 0.25) is 0 Å². The number of aldehydes is 1. The van der Waals surface area contributed by atoms with Gasteiger partial charge in [0.1, 0.15) is 6.29 Å². The van der Waals surface area contributed by atoms with Gasteiger partial charge in [0.05, 0.1) is 5.25 Å². The average Bonchev–Trinajstić information content (AvgIpc) is 2.47. The van der Waals surface area contributed by atoms with Gasteiger partial charge in [0.15, 0.2) is 0 Å². The molecule has 4 aliphatic carbocycles. The monoisotopic (exact) mass is 301 g/mol. The summed E-state index contributed by atoms with van der Waals surface area (Å²) in [6.07, 6.45) is 13.2. The molecule has 0 amide bonds. The van der Waals surface area contributed by atoms with Crippen molar-refractivity contribution < 1.29 is 4.79 Å². The van der Waals surface area contributed by atoms with Gasteiger partial charge in [0, 0.05) is 18.1 Å². The Labute approximate surface area is 131 Å². The fourth-order valence-electron chi connectivity index (χ4n) is 5.55. The van der Waals surface area contributed by atoms with Gasteiger partial charge >= 0.3 is 0 Å². The SMILES string of the molecule is O=CC(SCc1ccncc1)C12CC3CC(CC(C3)C1)C2. The van der Waals surface area contributed by atoms with E-state index < -0.39 is 0 Å². The number of nitrogens with zero attached hydrogens (tertiary/aromatic N) is 1. The maximum Gasteiger partial charge on any atom is 0.133 e. The minimum absolute atomic E-state index is 0.194. The van der Waals surface area contributed by atoms with Gasteiger partial charge in [0.25, 0.3) is 0 Å². The van der Waals surface area contributed by atoms with Crippen molar-refractivity contribution in [1.82, 2.24) is 4.98 Å². The summed E-state index contributed by atoms with van der Waals surface area (Å²) in [5, 5.41) is 0.194. The molecule has 4 fully saturated rings. The van der Waals surface area contributed by atoms with Gasteiger partial charge < -0.3 is 4.79 Å². The first-order valence-corrected chi connectivity index (χ1v) is 9.28. The lowest BCUT2D eigenvalue weighted by Crippen LogP contribution is -2.51. The molecule has 4 bridgehead atoms. The van der Waals surface area contributed by atoms with E-state index in [1.165, 1.54) is 50.4 Å². The van der Waals surface area contributed by atoms with Crippen molar-refractivity contribution in [2.24, 2.45) is 23.2 Å². The molecule has 0 saturated heterocycles. The van der Waals surface area contributed by atoms with Crippen LogP contribution in [0.1, 0.15) is 44.1 Å². The minimum atomic E-state index is 0.194. The standard InChI is InChI=1S/C18H23NOS/c20-11-17(21-12-13-1-3-19-4-2-13)18-8-14-5-15(9-18)7-16(6-14)10-18/h1-4,11,14-17H,5-10,12H2. The molecule has 0 aromatic carbocycles. The predicted octanol–water partition coefficient (Wildman–Crippen LogP) is 4.10. The molecule has 3 heteroatoms. The van der Waals surface area contributed by atoms with Crippen LogP contribution in [0.25, 0.3) is 0 Å². The van der Waals surface area contributed by atoms with E-state index in [1.54, 1.807) is 0 Å². The molecule has 21 heavy (non-hydrogen) atoms. The largest absolute Gasteiger partial charge is 0.302 e. The van der Waals surface area contributed by atoms with Crippen LogP contribution in [-0.2, 0) is 10.5 Å². The number of hydrogen-bond donors (Lipinski definition) is 0. The van der Waals surface area contributed by atoms with Crippen molar-refractivity contribution in [3.63, 3.8) is 0 Å². The van der Waals surface area contributed by atoms with Gasteiger partial charge in [0.2, 0.25) is 0 Å². The lowest BCUT2D eigenvalue weighted by molar-refractivity contribution is -0.114. The number of aromatic nitrogens is 1. The number of hydrogen-bond acceptors (Lipinski definition) is 3. The van der Waals surface area contributed by atoms with Crippen molar-refractivity contribution in [3.8, 4) is 0 Å². The van der Waals surface area contributed by atoms with Gasteiger partial charge in [-0.05, 0) is 79.4 Å². The first-order chi connectivity index (χ1) is 10.3. The van der Waals surface area contributed by atoms with Crippen molar-refractivity contribution in [3.05, 3.63) is 30.1 Å². The van der Waals surface area contributed by atoms with E-state index in [4.69, 9.17) is 0 Å². The van der Waals surface area contributed by atoms with E-state index in [0.29, 0.717) is 5.41 Å². The number of carbonyl (C=O) groups excluding carboxylic acids is 1. The van der Waals surface area contributed by atoms with Crippen molar-refractivity contribution in [2.75, 3.05) is 0 Å². The maximum absolute atomic E-state index is 11.8. The molecule has 0 aliphatic heterocycles. The molecule has 1 aromatic rings. The van der Waals surface area contributed by atoms with E-state index in [9.17, 15) is 4.79 Å². The summed E-state index contributed by atoms with van der Waals surface area (Å²) in [7, 11) is 0. The maximum atomic E-state index is 11.8. The summed E-state index contributed by atoms with van der Waals surface area (Å²) < 4.78 is 0. The van der Waals surface area contributed by atoms with E-state index in [-0.39, 0.29) is 5.25 Å². The summed E-state index contributed by atoms with van der Waals surface area (Å²) in [4.78, 5) is 15.9. The summed E-state index contributed by atoms with van der Waals surface area (Å²) in [5.41, 5.74) is 1.61. The topological polar surface area (TPSA) is 30.0 Å². The first kappa shape index (κ1) is 13.8. The fourth-order valence-corrected chi connectivity index (χ4v) is 6.84. The van der Waals surface area contributed by atoms with Crippen molar-refractivity contribution in [2.45, 2.75) is 49.5 Å². The molecule has 1 unspecified atom stereocenters. The third-order valence-corrected chi connectivity index (χ3v) is 7.46. The lowest BCUT2D eigenvalue weighted by atomic mass is 9.49. The minimum Gasteiger partial charge on any atom is -0.302 e. The second kappa shape index (κ2) is 5.42. The van der Waals surface area contributed by atoms with Crippen molar-refractivity contribution in [1.29, 1.82) is 0 Å². The van der Waals surface area contributed by atoms with Gasteiger partial charge in [-0.2, -0.15) is 0 Å². The highest BCUT2D eigenvalue weighted by Crippen LogP contribution is 2.62. The molecule has 1 aromatic heterocycles. The Morgan fingerprint density at radius 3 is 2.24 bits per heavy atom. The smallest absolute Gasteiger partial charge is 0.133 e. The highest BCUT2D eigenvalue weighted by Gasteiger charge is 2.54. The van der Waals surface area contributed by atoms with Gasteiger partial charge in [-0.25, -0.2) is 0 Å². The Morgan fingerprint density at radius 2 is 1.71 bits per heavy atom. The second-order valence-corrected chi connectivity index (χ2v) is 8.63. The number of rotatable bonds is 5. The van der Waals surface area contributed by atoms with Crippen LogP contribution < -0.4 is 0 Å². The molecular weight excluding hydrogens is 278 g/mol. The van der Waals surface area contributed by atoms with Crippen LogP contribution in [0.4, 0.5) is 0 Å². The van der Waals surface area contributed by atoms with Crippen LogP contribution in [0.15, 0.2) is 24.5 Å². The Kier molecular flexibility index (Phi) is 3.56. The molecule has 112 valence electrons. The molecule has 1 atom stereocenters. The molecule has 0 spiro atoms. The third-order valence-electron chi connectivity index (χ3n) is 5.99. The zero-order valence-electron chi connectivity index (χ0n) is 12.4. The van der Waals surface area contributed by atoms with Gasteiger partial charge in [-0.15, -0.1) is 11.8 Å². The highest BCUT2D eigenvalue weighted by molar-refractivity contribution is 7.99. The van der Waals surface area contributed by atoms with Gasteiger partial charge in [-0.3, -0.25) is 4.98 Å². The van der Waals surface area contributed by atoms with Gasteiger partial charge in [-0.1, -0.05) is 0 Å². The number of carbonyl (C=O) groups is 1. The highest BCUT2D eigenvalue weighted by atomic mass is 32.2. The molecule has 0 N–H and O–H groups in total. The summed E-state index contributed by atoms with van der Waals surface area (Å²) in [6.45, 7) is 0. The molecule has 4 saturated carbocycles. The lowest BCUT2D eigenvalue weighted by Gasteiger charge is -2.58. The molecule has 0 radical (unpaired) electrons. The van der Waals surface area contributed by atoms with Crippen LogP contribution in [0, 0.1) is 23.2 Å². The summed E-state index contributed by atoms with van der Waals surface area (Å²) in [6, 6.07) is 4.13. The predicted molar refractivity (Wildman–Crippen MR) is 86.0 cm³/mol. The van der Waals surface area contributed by atoms with Crippen LogP contribution in [0.3, 0.4) is 0 Å². The zero-order valence-corrected chi connectivity index (χ0v) is 13.2. The molecule has 4 aliphatic rings. The van der Waals surface area contributed by atoms with Crippen molar-refractivity contribution >= 4 is 18.0 Å². The summed E-state index contributed by atoms with van der Waals surface area (Å²) in [5.74, 6) is 3.69. The first-order valence-electron chi connectivity index (χ1n) is 8.23. The Hall–Kier alpha value is -0.830. The summed E-state index contributed by atoms with van der Waals surface area (Å²) >= 11 is 1.87. The zero-order chi connectivity index (χ0) is 14.3. The average molecular weight is 301 g/mol. The Balaban J connectivity index is 1.49. The van der Waals surface area contributed by atoms with Crippen LogP contribution in [0.5, 0.6) is 0 Å². The Morgan fingerprint density at radius 1 is 1.14 bits per heavy atom. The van der Waals surface area contributed by atoms with Crippen LogP contribution in [-0.4, -0.2) is 16.5 Å². The number of pyridine rings is 1. The van der Waals surface area contributed by atoms with E-state index in [0.717, 1.165) is 23.5 Å². The van der Waals surface area contributed by atoms with E-state index in [1.807, 2.05) is 24.2 Å². The normalized spacial score (nSPS) is 38.4. The van der Waals surface area contributed by atoms with E-state index >= 15 is 0 Å². The van der Waals surface area contributed by atoms with Crippen LogP contribution >= 0.6 is 11.8 Å². The third kappa shape index (κ3) is 2.54. The molecule has 5 rings (SSSR count). The molecule has 2 nitrogen and oxygen atoms in total. The number of thioether (sulfide) groups is 1. The van der Waals surface area contributed by atoms with E-state index in [2.05, 4.69) is 17.1 Å². The second-order valence-electron chi connectivity index (χ2n) is 7.50. The Bertz CT molecular complexity index is 480. The quantitative estimate of drug-likeness (QED) is 0.767.